The Morgan fingerprint density at radius 2 is 1.93 bits per heavy atom. The molecule has 0 spiro atoms. The van der Waals surface area contributed by atoms with E-state index in [1.807, 2.05) is 35.2 Å². The van der Waals surface area contributed by atoms with E-state index in [1.165, 1.54) is 0 Å². The molecule has 4 rings (SSSR count). The summed E-state index contributed by atoms with van der Waals surface area (Å²) in [4.78, 5) is 30.1. The van der Waals surface area contributed by atoms with Crippen LogP contribution in [-0.4, -0.2) is 36.0 Å². The van der Waals surface area contributed by atoms with Crippen molar-refractivity contribution in [2.45, 2.75) is 45.3 Å². The van der Waals surface area contributed by atoms with Crippen molar-refractivity contribution < 1.29 is 9.59 Å². The first-order valence-corrected chi connectivity index (χ1v) is 10.7. The zero-order valence-electron chi connectivity index (χ0n) is 16.7. The Balaban J connectivity index is 1.57. The average Bonchev–Trinajstić information content (AvgIpc) is 2.99. The molecule has 2 aromatic carbocycles. The smallest absolute Gasteiger partial charge is 0.257 e. The highest BCUT2D eigenvalue weighted by molar-refractivity contribution is 6.30. The van der Waals surface area contributed by atoms with Gasteiger partial charge in [0.05, 0.1) is 11.3 Å². The molecule has 2 amide bonds. The number of rotatable bonds is 4. The lowest BCUT2D eigenvalue weighted by Gasteiger charge is -2.44. The van der Waals surface area contributed by atoms with Gasteiger partial charge in [-0.2, -0.15) is 0 Å². The fraction of sp³-hybridized carbons (Fsp3) is 0.391. The topological polar surface area (TPSA) is 52.7 Å². The number of nitrogens with zero attached hydrogens (tertiary/aromatic N) is 2. The molecule has 2 aromatic rings. The first kappa shape index (κ1) is 19.8. The monoisotopic (exact) mass is 411 g/mol. The van der Waals surface area contributed by atoms with Gasteiger partial charge in [-0.3, -0.25) is 9.59 Å². The van der Waals surface area contributed by atoms with E-state index in [-0.39, 0.29) is 18.0 Å². The summed E-state index contributed by atoms with van der Waals surface area (Å²) >= 11 is 5.91. The predicted molar refractivity (Wildman–Crippen MR) is 115 cm³/mol. The van der Waals surface area contributed by atoms with Crippen LogP contribution in [-0.2, 0) is 6.54 Å². The van der Waals surface area contributed by atoms with E-state index >= 15 is 0 Å². The highest BCUT2D eigenvalue weighted by Gasteiger charge is 2.37. The molecular formula is C23H26ClN3O2. The van der Waals surface area contributed by atoms with Crippen LogP contribution in [0.5, 0.6) is 0 Å². The van der Waals surface area contributed by atoms with Crippen molar-refractivity contribution >= 4 is 29.1 Å². The Morgan fingerprint density at radius 3 is 2.69 bits per heavy atom. The number of fused-ring (bicyclic) bond motifs is 2. The lowest BCUT2D eigenvalue weighted by atomic mass is 10.0. The van der Waals surface area contributed by atoms with E-state index in [0.29, 0.717) is 22.7 Å². The third-order valence-electron chi connectivity index (χ3n) is 5.85. The second-order valence-corrected chi connectivity index (χ2v) is 8.09. The van der Waals surface area contributed by atoms with Gasteiger partial charge >= 0.3 is 0 Å². The number of carbonyl (C=O) groups is 2. The molecule has 2 aliphatic rings. The maximum atomic E-state index is 13.1. The minimum absolute atomic E-state index is 0.0877. The number of hydrogen-bond donors (Lipinski definition) is 1. The fourth-order valence-electron chi connectivity index (χ4n) is 4.33. The minimum atomic E-state index is -0.144. The molecular weight excluding hydrogens is 386 g/mol. The van der Waals surface area contributed by atoms with Gasteiger partial charge in [0.2, 0.25) is 0 Å². The Hall–Kier alpha value is -2.53. The highest BCUT2D eigenvalue weighted by Crippen LogP contribution is 2.35. The fourth-order valence-corrected chi connectivity index (χ4v) is 4.45. The van der Waals surface area contributed by atoms with Gasteiger partial charge in [-0.15, -0.1) is 0 Å². The molecule has 0 aliphatic carbocycles. The van der Waals surface area contributed by atoms with Crippen molar-refractivity contribution in [3.63, 3.8) is 0 Å². The summed E-state index contributed by atoms with van der Waals surface area (Å²) in [5, 5.41) is 3.63. The number of nitrogens with one attached hydrogen (secondary N) is 1. The van der Waals surface area contributed by atoms with Crippen LogP contribution >= 0.6 is 11.6 Å². The molecule has 6 heteroatoms. The summed E-state index contributed by atoms with van der Waals surface area (Å²) in [6.07, 6.45) is 4.41. The second-order valence-electron chi connectivity index (χ2n) is 7.66. The molecule has 152 valence electrons. The van der Waals surface area contributed by atoms with E-state index in [1.54, 1.807) is 12.1 Å². The van der Waals surface area contributed by atoms with Gasteiger partial charge in [-0.05, 0) is 62.1 Å². The Morgan fingerprint density at radius 1 is 1.14 bits per heavy atom. The van der Waals surface area contributed by atoms with Gasteiger partial charge < -0.3 is 15.1 Å². The second kappa shape index (κ2) is 8.46. The van der Waals surface area contributed by atoms with Crippen molar-refractivity contribution in [1.82, 2.24) is 10.2 Å². The normalized spacial score (nSPS) is 18.7. The molecule has 0 radical (unpaired) electrons. The summed E-state index contributed by atoms with van der Waals surface area (Å²) in [5.74, 6) is -0.0562. The quantitative estimate of drug-likeness (QED) is 0.808. The molecule has 1 fully saturated rings. The van der Waals surface area contributed by atoms with Crippen LogP contribution in [0.3, 0.4) is 0 Å². The van der Waals surface area contributed by atoms with E-state index in [4.69, 9.17) is 11.6 Å². The summed E-state index contributed by atoms with van der Waals surface area (Å²) < 4.78 is 0. The molecule has 0 aromatic heterocycles. The third kappa shape index (κ3) is 3.97. The first-order chi connectivity index (χ1) is 14.1. The van der Waals surface area contributed by atoms with Gasteiger partial charge in [0, 0.05) is 30.2 Å². The van der Waals surface area contributed by atoms with Gasteiger partial charge in [0.25, 0.3) is 11.8 Å². The van der Waals surface area contributed by atoms with Gasteiger partial charge in [0.15, 0.2) is 0 Å². The summed E-state index contributed by atoms with van der Waals surface area (Å²) in [5.41, 5.74) is 3.13. The molecule has 29 heavy (non-hydrogen) atoms. The molecule has 5 nitrogen and oxygen atoms in total. The van der Waals surface area contributed by atoms with Crippen LogP contribution in [0.4, 0.5) is 5.69 Å². The van der Waals surface area contributed by atoms with Crippen molar-refractivity contribution in [3.8, 4) is 0 Å². The Labute approximate surface area is 176 Å². The first-order valence-electron chi connectivity index (χ1n) is 10.3. The third-order valence-corrected chi connectivity index (χ3v) is 6.10. The molecule has 2 heterocycles. The molecule has 1 saturated heterocycles. The number of amides is 2. The minimum Gasteiger partial charge on any atom is -0.351 e. The van der Waals surface area contributed by atoms with E-state index in [2.05, 4.69) is 17.1 Å². The van der Waals surface area contributed by atoms with Gasteiger partial charge in [-0.25, -0.2) is 0 Å². The van der Waals surface area contributed by atoms with Crippen molar-refractivity contribution in [1.29, 1.82) is 0 Å². The summed E-state index contributed by atoms with van der Waals surface area (Å²) in [6.45, 7) is 4.15. The predicted octanol–water partition coefficient (Wildman–Crippen LogP) is 4.45. The largest absolute Gasteiger partial charge is 0.351 e. The van der Waals surface area contributed by atoms with Gasteiger partial charge in [-0.1, -0.05) is 30.2 Å². The number of carbonyl (C=O) groups excluding carboxylic acids is 2. The van der Waals surface area contributed by atoms with Crippen LogP contribution in [0.2, 0.25) is 5.02 Å². The number of anilines is 1. The molecule has 1 atom stereocenters. The number of halogens is 1. The van der Waals surface area contributed by atoms with Crippen LogP contribution < -0.4 is 10.2 Å². The SMILES string of the molecule is CCN1c2cc(C(=O)NCc3ccc(Cl)cc3)ccc2C(=O)N2CCCCCC21. The lowest BCUT2D eigenvalue weighted by molar-refractivity contribution is 0.0656. The van der Waals surface area contributed by atoms with Crippen LogP contribution in [0.1, 0.15) is 58.9 Å². The van der Waals surface area contributed by atoms with E-state index in [9.17, 15) is 9.59 Å². The molecule has 2 aliphatic heterocycles. The van der Waals surface area contributed by atoms with Crippen LogP contribution in [0, 0.1) is 0 Å². The zero-order valence-corrected chi connectivity index (χ0v) is 17.4. The van der Waals surface area contributed by atoms with Crippen molar-refractivity contribution in [3.05, 3.63) is 64.2 Å². The average molecular weight is 412 g/mol. The molecule has 1 N–H and O–H groups in total. The van der Waals surface area contributed by atoms with Crippen LogP contribution in [0.25, 0.3) is 0 Å². The maximum absolute atomic E-state index is 13.1. The van der Waals surface area contributed by atoms with Crippen molar-refractivity contribution in [2.75, 3.05) is 18.0 Å². The lowest BCUT2D eigenvalue weighted by Crippen LogP contribution is -2.55. The van der Waals surface area contributed by atoms with Gasteiger partial charge in [0.1, 0.15) is 6.17 Å². The molecule has 0 bridgehead atoms. The zero-order chi connectivity index (χ0) is 20.4. The Kier molecular flexibility index (Phi) is 5.76. The molecule has 0 saturated carbocycles. The number of hydrogen-bond acceptors (Lipinski definition) is 3. The van der Waals surface area contributed by atoms with E-state index < -0.39 is 0 Å². The Bertz CT molecular complexity index is 913. The standard InChI is InChI=1S/C23H26ClN3O2/c1-2-26-20-14-17(22(28)25-15-16-7-10-18(24)11-8-16)9-12-19(20)23(29)27-13-5-3-4-6-21(26)27/h7-12,14,21H,2-6,13,15H2,1H3,(H,25,28). The van der Waals surface area contributed by atoms with Crippen molar-refractivity contribution in [2.24, 2.45) is 0 Å². The van der Waals surface area contributed by atoms with Crippen LogP contribution in [0.15, 0.2) is 42.5 Å². The molecule has 1 unspecified atom stereocenters. The van der Waals surface area contributed by atoms with E-state index in [0.717, 1.165) is 50.0 Å². The number of benzene rings is 2. The maximum Gasteiger partial charge on any atom is 0.257 e. The highest BCUT2D eigenvalue weighted by atomic mass is 35.5. The summed E-state index contributed by atoms with van der Waals surface area (Å²) in [6, 6.07) is 12.8. The summed E-state index contributed by atoms with van der Waals surface area (Å²) in [7, 11) is 0.